The van der Waals surface area contributed by atoms with Crippen molar-refractivity contribution in [3.8, 4) is 0 Å². The van der Waals surface area contributed by atoms with E-state index in [1.54, 1.807) is 17.9 Å². The molecule has 0 saturated carbocycles. The van der Waals surface area contributed by atoms with Crippen molar-refractivity contribution in [2.24, 2.45) is 0 Å². The van der Waals surface area contributed by atoms with Crippen molar-refractivity contribution in [2.75, 3.05) is 13.1 Å². The zero-order valence-electron chi connectivity index (χ0n) is 10.7. The van der Waals surface area contributed by atoms with Crippen molar-refractivity contribution in [1.82, 2.24) is 19.8 Å². The highest BCUT2D eigenvalue weighted by Gasteiger charge is 2.34. The van der Waals surface area contributed by atoms with E-state index in [-0.39, 0.29) is 17.9 Å². The fourth-order valence-corrected chi connectivity index (χ4v) is 3.22. The first-order chi connectivity index (χ1) is 9.65. The van der Waals surface area contributed by atoms with Gasteiger partial charge in [-0.1, -0.05) is 10.6 Å². The van der Waals surface area contributed by atoms with E-state index in [1.807, 2.05) is 11.4 Å². The molecule has 3 rings (SSSR count). The molecule has 0 atom stereocenters. The summed E-state index contributed by atoms with van der Waals surface area (Å²) in [4.78, 5) is 26.9. The number of nitrogens with zero attached hydrogens (tertiary/aromatic N) is 3. The molecule has 1 saturated heterocycles. The van der Waals surface area contributed by atoms with E-state index >= 15 is 0 Å². The number of hydrogen-bond acceptors (Lipinski definition) is 6. The Labute approximate surface area is 123 Å². The molecule has 8 heteroatoms. The van der Waals surface area contributed by atoms with Crippen LogP contribution in [0.1, 0.15) is 25.0 Å². The predicted molar refractivity (Wildman–Crippen MR) is 76.1 cm³/mol. The van der Waals surface area contributed by atoms with Crippen molar-refractivity contribution in [3.05, 3.63) is 33.0 Å². The molecule has 1 aliphatic heterocycles. The molecule has 0 aromatic carbocycles. The zero-order chi connectivity index (χ0) is 14.1. The lowest BCUT2D eigenvalue weighted by atomic mass is 10.1. The third kappa shape index (κ3) is 2.44. The van der Waals surface area contributed by atoms with Crippen molar-refractivity contribution in [1.29, 1.82) is 0 Å². The highest BCUT2D eigenvalue weighted by atomic mass is 32.1. The highest BCUT2D eigenvalue weighted by molar-refractivity contribution is 7.12. The number of carbonyl (C=O) groups excluding carboxylic acids is 2. The van der Waals surface area contributed by atoms with E-state index in [2.05, 4.69) is 14.9 Å². The smallest absolute Gasteiger partial charge is 0.267 e. The van der Waals surface area contributed by atoms with Gasteiger partial charge in [-0.15, -0.1) is 16.4 Å². The van der Waals surface area contributed by atoms with Gasteiger partial charge in [-0.3, -0.25) is 9.59 Å². The first-order valence-electron chi connectivity index (χ1n) is 6.07. The quantitative estimate of drug-likeness (QED) is 0.923. The van der Waals surface area contributed by atoms with Crippen LogP contribution in [0.25, 0.3) is 0 Å². The van der Waals surface area contributed by atoms with Crippen LogP contribution in [0, 0.1) is 6.92 Å². The maximum atomic E-state index is 12.1. The summed E-state index contributed by atoms with van der Waals surface area (Å²) in [5, 5.41) is 8.61. The lowest BCUT2D eigenvalue weighted by molar-refractivity contribution is 0.0547. The van der Waals surface area contributed by atoms with Crippen LogP contribution in [0.15, 0.2) is 17.5 Å². The fraction of sp³-hybridized carbons (Fsp3) is 0.333. The summed E-state index contributed by atoms with van der Waals surface area (Å²) in [7, 11) is 0. The molecule has 0 spiro atoms. The maximum absolute atomic E-state index is 12.1. The largest absolute Gasteiger partial charge is 0.345 e. The van der Waals surface area contributed by atoms with E-state index in [1.165, 1.54) is 11.3 Å². The summed E-state index contributed by atoms with van der Waals surface area (Å²) < 4.78 is 3.76. The van der Waals surface area contributed by atoms with Gasteiger partial charge in [0.05, 0.1) is 16.6 Å². The van der Waals surface area contributed by atoms with Gasteiger partial charge < -0.3 is 10.2 Å². The zero-order valence-corrected chi connectivity index (χ0v) is 12.3. The summed E-state index contributed by atoms with van der Waals surface area (Å²) >= 11 is 2.52. The van der Waals surface area contributed by atoms with Crippen LogP contribution in [-0.4, -0.2) is 45.4 Å². The normalized spacial score (nSPS) is 14.9. The van der Waals surface area contributed by atoms with Gasteiger partial charge in [-0.05, 0) is 29.9 Å². The van der Waals surface area contributed by atoms with Gasteiger partial charge in [0.2, 0.25) is 0 Å². The first kappa shape index (κ1) is 13.2. The average Bonchev–Trinajstić information content (AvgIpc) is 3.02. The summed E-state index contributed by atoms with van der Waals surface area (Å²) in [5.41, 5.74) is 0.658. The summed E-state index contributed by atoms with van der Waals surface area (Å²) in [5.74, 6) is -0.133. The molecular formula is C12H12N4O2S2. The van der Waals surface area contributed by atoms with Crippen LogP contribution in [-0.2, 0) is 0 Å². The van der Waals surface area contributed by atoms with Crippen molar-refractivity contribution in [3.63, 3.8) is 0 Å². The Hall–Kier alpha value is -1.80. The molecule has 0 aliphatic carbocycles. The number of hydrogen-bond donors (Lipinski definition) is 1. The molecule has 6 nitrogen and oxygen atoms in total. The van der Waals surface area contributed by atoms with E-state index < -0.39 is 0 Å². The number of nitrogens with one attached hydrogen (secondary N) is 1. The summed E-state index contributed by atoms with van der Waals surface area (Å²) in [6.07, 6.45) is 0. The number of thiophene rings is 1. The molecule has 3 heterocycles. The topological polar surface area (TPSA) is 75.2 Å². The minimum Gasteiger partial charge on any atom is -0.345 e. The SMILES string of the molecule is Cc1nnsc1C(=O)N1CC(NC(=O)c2cccs2)C1. The fourth-order valence-electron chi connectivity index (χ4n) is 1.97. The second kappa shape index (κ2) is 5.29. The second-order valence-corrected chi connectivity index (χ2v) is 6.25. The molecule has 2 aromatic rings. The monoisotopic (exact) mass is 308 g/mol. The third-order valence-electron chi connectivity index (χ3n) is 3.09. The van der Waals surface area contributed by atoms with E-state index in [9.17, 15) is 9.59 Å². The lowest BCUT2D eigenvalue weighted by Gasteiger charge is -2.39. The minimum absolute atomic E-state index is 0.0229. The molecule has 2 amide bonds. The molecule has 0 radical (unpaired) electrons. The Bertz CT molecular complexity index is 632. The second-order valence-electron chi connectivity index (χ2n) is 4.55. The first-order valence-corrected chi connectivity index (χ1v) is 7.73. The van der Waals surface area contributed by atoms with Crippen molar-refractivity contribution < 1.29 is 9.59 Å². The molecular weight excluding hydrogens is 296 g/mol. The molecule has 20 heavy (non-hydrogen) atoms. The number of aryl methyl sites for hydroxylation is 1. The molecule has 104 valence electrons. The molecule has 0 unspecified atom stereocenters. The molecule has 1 fully saturated rings. The number of rotatable bonds is 3. The standard InChI is InChI=1S/C12H12N4O2S2/c1-7-10(20-15-14-7)12(18)16-5-8(6-16)13-11(17)9-3-2-4-19-9/h2-4,8H,5-6H2,1H3,(H,13,17). The highest BCUT2D eigenvalue weighted by Crippen LogP contribution is 2.18. The Morgan fingerprint density at radius 3 is 2.85 bits per heavy atom. The van der Waals surface area contributed by atoms with Gasteiger partial charge in [-0.2, -0.15) is 0 Å². The van der Waals surface area contributed by atoms with Gasteiger partial charge in [0.1, 0.15) is 4.88 Å². The van der Waals surface area contributed by atoms with Crippen LogP contribution in [0.3, 0.4) is 0 Å². The number of aromatic nitrogens is 2. The minimum atomic E-state index is -0.0762. The number of amides is 2. The van der Waals surface area contributed by atoms with Gasteiger partial charge in [0.25, 0.3) is 11.8 Å². The maximum Gasteiger partial charge on any atom is 0.267 e. The number of carbonyl (C=O) groups is 2. The molecule has 2 aromatic heterocycles. The predicted octanol–water partition coefficient (Wildman–Crippen LogP) is 1.16. The van der Waals surface area contributed by atoms with E-state index in [0.717, 1.165) is 11.5 Å². The summed E-state index contributed by atoms with van der Waals surface area (Å²) in [6.45, 7) is 2.84. The average molecular weight is 308 g/mol. The molecule has 1 aliphatic rings. The van der Waals surface area contributed by atoms with Crippen LogP contribution < -0.4 is 5.32 Å². The van der Waals surface area contributed by atoms with Crippen LogP contribution in [0.2, 0.25) is 0 Å². The van der Waals surface area contributed by atoms with Crippen LogP contribution >= 0.6 is 22.9 Å². The van der Waals surface area contributed by atoms with E-state index in [0.29, 0.717) is 28.5 Å². The number of likely N-dealkylation sites (tertiary alicyclic amines) is 1. The van der Waals surface area contributed by atoms with Gasteiger partial charge >= 0.3 is 0 Å². The van der Waals surface area contributed by atoms with Gasteiger partial charge in [0, 0.05) is 13.1 Å². The lowest BCUT2D eigenvalue weighted by Crippen LogP contribution is -2.60. The van der Waals surface area contributed by atoms with Crippen LogP contribution in [0.4, 0.5) is 0 Å². The Morgan fingerprint density at radius 1 is 1.45 bits per heavy atom. The molecule has 0 bridgehead atoms. The Morgan fingerprint density at radius 2 is 2.25 bits per heavy atom. The van der Waals surface area contributed by atoms with Gasteiger partial charge in [0.15, 0.2) is 0 Å². The Kier molecular flexibility index (Phi) is 3.49. The van der Waals surface area contributed by atoms with Crippen LogP contribution in [0.5, 0.6) is 0 Å². The third-order valence-corrected chi connectivity index (χ3v) is 4.78. The van der Waals surface area contributed by atoms with Crippen molar-refractivity contribution >= 4 is 34.7 Å². The molecule has 1 N–H and O–H groups in total. The summed E-state index contributed by atoms with van der Waals surface area (Å²) in [6, 6.07) is 3.65. The van der Waals surface area contributed by atoms with Crippen molar-refractivity contribution in [2.45, 2.75) is 13.0 Å². The Balaban J connectivity index is 1.53. The van der Waals surface area contributed by atoms with Gasteiger partial charge in [-0.25, -0.2) is 0 Å². The van der Waals surface area contributed by atoms with E-state index in [4.69, 9.17) is 0 Å².